The van der Waals surface area contributed by atoms with Crippen LogP contribution in [0.5, 0.6) is 0 Å². The van der Waals surface area contributed by atoms with Crippen molar-refractivity contribution in [2.75, 3.05) is 0 Å². The molecule has 0 unspecified atom stereocenters. The largest absolute Gasteiger partial charge is 0.478 e. The van der Waals surface area contributed by atoms with Crippen molar-refractivity contribution in [2.24, 2.45) is 0 Å². The van der Waals surface area contributed by atoms with Crippen LogP contribution >= 0.6 is 0 Å². The maximum absolute atomic E-state index is 11.7. The first-order valence-corrected chi connectivity index (χ1v) is 14.1. The lowest BCUT2D eigenvalue weighted by molar-refractivity contribution is 0.0697. The van der Waals surface area contributed by atoms with Gasteiger partial charge in [-0.05, 0) is 76.4 Å². The van der Waals surface area contributed by atoms with Crippen LogP contribution in [0.1, 0.15) is 64.6 Å². The molecule has 0 spiro atoms. The molecule has 41 heavy (non-hydrogen) atoms. The molecule has 4 nitrogen and oxygen atoms in total. The summed E-state index contributed by atoms with van der Waals surface area (Å²) in [6.07, 6.45) is 0. The number of aryl methyl sites for hydroxylation is 1. The number of hydrogen-bond donors (Lipinski definition) is 2. The van der Waals surface area contributed by atoms with E-state index in [0.717, 1.165) is 41.0 Å². The number of carboxylic acids is 1. The van der Waals surface area contributed by atoms with Crippen LogP contribution in [0.2, 0.25) is 0 Å². The van der Waals surface area contributed by atoms with E-state index in [-0.39, 0.29) is 5.41 Å². The summed E-state index contributed by atoms with van der Waals surface area (Å²) in [4.78, 5) is 11.7. The van der Waals surface area contributed by atoms with E-state index in [2.05, 4.69) is 106 Å². The molecule has 1 aromatic heterocycles. The number of aromatic nitrogens is 1. The number of fused-ring (bicyclic) bond motifs is 1. The second-order valence-corrected chi connectivity index (χ2v) is 11.9. The van der Waals surface area contributed by atoms with Gasteiger partial charge in [-0.25, -0.2) is 4.79 Å². The van der Waals surface area contributed by atoms with Gasteiger partial charge in [-0.3, -0.25) is 0 Å². The van der Waals surface area contributed by atoms with Crippen LogP contribution in [-0.2, 0) is 18.5 Å². The number of hydrogen-bond acceptors (Lipinski definition) is 2. The minimum atomic E-state index is -0.915. The lowest BCUT2D eigenvalue weighted by Crippen LogP contribution is -2.13. The average molecular weight is 543 g/mol. The van der Waals surface area contributed by atoms with Gasteiger partial charge >= 0.3 is 5.97 Å². The van der Waals surface area contributed by atoms with E-state index >= 15 is 0 Å². The smallest absolute Gasteiger partial charge is 0.336 e. The molecule has 4 heteroatoms. The molecule has 1 heterocycles. The van der Waals surface area contributed by atoms with Crippen molar-refractivity contribution in [3.8, 4) is 11.1 Å². The summed E-state index contributed by atoms with van der Waals surface area (Å²) in [5, 5.41) is 14.3. The summed E-state index contributed by atoms with van der Waals surface area (Å²) in [6, 6.07) is 30.7. The number of carboxylic acid groups (broad SMARTS) is 1. The molecule has 2 N–H and O–H groups in total. The van der Waals surface area contributed by atoms with Crippen LogP contribution in [0.25, 0.3) is 27.7 Å². The normalized spacial score (nSPS) is 11.5. The Morgan fingerprint density at radius 3 is 2.20 bits per heavy atom. The maximum atomic E-state index is 11.7. The summed E-state index contributed by atoms with van der Waals surface area (Å²) >= 11 is 0. The predicted molar refractivity (Wildman–Crippen MR) is 170 cm³/mol. The van der Waals surface area contributed by atoms with Crippen LogP contribution in [0, 0.1) is 13.8 Å². The zero-order valence-corrected chi connectivity index (χ0v) is 24.6. The molecule has 208 valence electrons. The molecule has 0 aliphatic carbocycles. The summed E-state index contributed by atoms with van der Waals surface area (Å²) in [6.45, 7) is 16.8. The minimum absolute atomic E-state index is 0.148. The highest BCUT2D eigenvalue weighted by Gasteiger charge is 2.15. The third-order valence-corrected chi connectivity index (χ3v) is 8.08. The van der Waals surface area contributed by atoms with Gasteiger partial charge in [-0.15, -0.1) is 0 Å². The Bertz CT molecular complexity index is 1730. The number of carbonyl (C=O) groups is 1. The van der Waals surface area contributed by atoms with Crippen LogP contribution in [0.15, 0.2) is 97.6 Å². The maximum Gasteiger partial charge on any atom is 0.336 e. The Labute approximate surface area is 243 Å². The van der Waals surface area contributed by atoms with E-state index < -0.39 is 5.97 Å². The van der Waals surface area contributed by atoms with Gasteiger partial charge in [0.05, 0.1) is 5.56 Å². The number of benzene rings is 4. The van der Waals surface area contributed by atoms with E-state index in [1.807, 2.05) is 24.3 Å². The number of nitrogens with one attached hydrogen (secondary N) is 1. The van der Waals surface area contributed by atoms with E-state index in [1.165, 1.54) is 33.3 Å². The zero-order valence-electron chi connectivity index (χ0n) is 24.6. The van der Waals surface area contributed by atoms with Gasteiger partial charge in [-0.2, -0.15) is 0 Å². The molecule has 0 aliphatic heterocycles. The van der Waals surface area contributed by atoms with Gasteiger partial charge in [0.2, 0.25) is 0 Å². The molecule has 5 rings (SSSR count). The quantitative estimate of drug-likeness (QED) is 0.206. The summed E-state index contributed by atoms with van der Waals surface area (Å²) in [5.74, 6) is -0.915. The van der Waals surface area contributed by atoms with E-state index in [0.29, 0.717) is 5.56 Å². The number of nitrogens with zero attached hydrogens (tertiary/aromatic N) is 1. The minimum Gasteiger partial charge on any atom is -0.478 e. The highest BCUT2D eigenvalue weighted by Crippen LogP contribution is 2.30. The molecule has 0 amide bonds. The molecule has 5 aromatic rings. The van der Waals surface area contributed by atoms with Crippen LogP contribution in [0.4, 0.5) is 0 Å². The zero-order chi connectivity index (χ0) is 29.3. The van der Waals surface area contributed by atoms with Gasteiger partial charge in [-0.1, -0.05) is 100 Å². The Hall–Kier alpha value is -4.57. The van der Waals surface area contributed by atoms with Crippen molar-refractivity contribution in [1.82, 2.24) is 9.88 Å². The fraction of sp³-hybridized carbons (Fsp3) is 0.216. The van der Waals surface area contributed by atoms with E-state index in [1.54, 1.807) is 12.1 Å². The second-order valence-electron chi connectivity index (χ2n) is 11.9. The van der Waals surface area contributed by atoms with Crippen molar-refractivity contribution in [2.45, 2.75) is 53.1 Å². The van der Waals surface area contributed by atoms with Gasteiger partial charge in [0.25, 0.3) is 0 Å². The van der Waals surface area contributed by atoms with Crippen molar-refractivity contribution >= 4 is 22.6 Å². The van der Waals surface area contributed by atoms with Crippen molar-refractivity contribution in [3.05, 3.63) is 137 Å². The molecule has 0 atom stereocenters. The van der Waals surface area contributed by atoms with E-state index in [4.69, 9.17) is 0 Å². The van der Waals surface area contributed by atoms with Gasteiger partial charge in [0.1, 0.15) is 0 Å². The van der Waals surface area contributed by atoms with Crippen molar-refractivity contribution < 1.29 is 9.90 Å². The Kier molecular flexibility index (Phi) is 7.59. The Balaban J connectivity index is 1.33. The molecule has 0 saturated carbocycles. The second kappa shape index (κ2) is 11.1. The number of rotatable bonds is 8. The Morgan fingerprint density at radius 1 is 0.878 bits per heavy atom. The molecule has 4 aromatic carbocycles. The van der Waals surface area contributed by atoms with Crippen molar-refractivity contribution in [1.29, 1.82) is 0 Å². The van der Waals surface area contributed by atoms with E-state index in [9.17, 15) is 9.90 Å². The first-order valence-electron chi connectivity index (χ1n) is 14.1. The van der Waals surface area contributed by atoms with Crippen molar-refractivity contribution in [3.63, 3.8) is 0 Å². The van der Waals surface area contributed by atoms with Crippen LogP contribution in [0.3, 0.4) is 0 Å². The monoisotopic (exact) mass is 542 g/mol. The lowest BCUT2D eigenvalue weighted by atomic mass is 9.87. The summed E-state index contributed by atoms with van der Waals surface area (Å²) in [5.41, 5.74) is 11.5. The molecule has 0 fully saturated rings. The molecule has 0 radical (unpaired) electrons. The predicted octanol–water partition coefficient (Wildman–Crippen LogP) is 8.73. The molecule has 0 bridgehead atoms. The summed E-state index contributed by atoms with van der Waals surface area (Å²) < 4.78 is 2.35. The topological polar surface area (TPSA) is 54.3 Å². The van der Waals surface area contributed by atoms with Gasteiger partial charge in [0.15, 0.2) is 0 Å². The molecular weight excluding hydrogens is 504 g/mol. The van der Waals surface area contributed by atoms with Gasteiger partial charge < -0.3 is 15.0 Å². The molecular formula is C37H38N2O2. The standard InChI is InChI=1S/C37H38N2O2/c1-24-26(3)39(23-28-11-15-29(16-12-28)32-9-7-8-10-33(32)36(40)41)35-20-17-30(21-34(24)35)25(2)38-22-27-13-18-31(19-14-27)37(4,5)6/h7-21,38H,2,22-23H2,1,3-6H3,(H,40,41). The third kappa shape index (κ3) is 5.83. The highest BCUT2D eigenvalue weighted by molar-refractivity contribution is 5.96. The first kappa shape index (κ1) is 28.0. The average Bonchev–Trinajstić information content (AvgIpc) is 3.20. The third-order valence-electron chi connectivity index (χ3n) is 8.08. The highest BCUT2D eigenvalue weighted by atomic mass is 16.4. The molecule has 0 saturated heterocycles. The number of aromatic carboxylic acids is 1. The van der Waals surface area contributed by atoms with Gasteiger partial charge in [0, 0.05) is 35.4 Å². The SMILES string of the molecule is C=C(NCc1ccc(C(C)(C)C)cc1)c1ccc2c(c1)c(C)c(C)n2Cc1ccc(-c2ccccc2C(=O)O)cc1. The fourth-order valence-electron chi connectivity index (χ4n) is 5.37. The van der Waals surface area contributed by atoms with Crippen LogP contribution in [-0.4, -0.2) is 15.6 Å². The fourth-order valence-corrected chi connectivity index (χ4v) is 5.37. The summed E-state index contributed by atoms with van der Waals surface area (Å²) in [7, 11) is 0. The first-order chi connectivity index (χ1) is 19.5. The van der Waals surface area contributed by atoms with Crippen LogP contribution < -0.4 is 5.32 Å². The molecule has 0 aliphatic rings. The Morgan fingerprint density at radius 2 is 1.54 bits per heavy atom. The lowest BCUT2D eigenvalue weighted by Gasteiger charge is -2.19.